The molecule has 0 spiro atoms. The fraction of sp³-hybridized carbons (Fsp3) is 0.455. The molecule has 2 aliphatic rings. The van der Waals surface area contributed by atoms with Crippen molar-refractivity contribution in [3.63, 3.8) is 0 Å². The number of hydrogen-bond acceptors (Lipinski definition) is 10. The van der Waals surface area contributed by atoms with Crippen LogP contribution in [-0.4, -0.2) is 97.6 Å². The standard InChI is InChI=1S/C33H42N8O8/c1-20(2)28(37-33(47)49-4)31(45)41-18-6-8-26(41)30(44)36-22-11-15-24(16-12-22)39-38-23-13-9-21(10-14-23)35-29(43)25-7-5-17-40(25)27(42)19-34-32(46)48-3/h9-16,20,25-26,28H,5-8,17-19H2,1-4H3,(H,34,46)(H,35,43)(H,36,44)(H,37,47)/b39-38+/t25-,26-,28-/m0/s1. The van der Waals surface area contributed by atoms with E-state index >= 15 is 0 Å². The number of azo groups is 1. The second-order valence-electron chi connectivity index (χ2n) is 11.9. The number of ether oxygens (including phenoxy) is 2. The van der Waals surface area contributed by atoms with Gasteiger partial charge in [-0.05, 0) is 80.1 Å². The highest BCUT2D eigenvalue weighted by molar-refractivity contribution is 5.99. The number of hydrogen-bond donors (Lipinski definition) is 4. The molecule has 2 heterocycles. The number of methoxy groups -OCH3 is 2. The molecule has 2 saturated heterocycles. The van der Waals surface area contributed by atoms with Crippen LogP contribution in [0.25, 0.3) is 0 Å². The molecule has 262 valence electrons. The van der Waals surface area contributed by atoms with E-state index in [2.05, 4.69) is 41.0 Å². The molecule has 0 aromatic heterocycles. The Kier molecular flexibility index (Phi) is 12.6. The predicted molar refractivity (Wildman–Crippen MR) is 178 cm³/mol. The molecule has 2 fully saturated rings. The summed E-state index contributed by atoms with van der Waals surface area (Å²) in [5, 5.41) is 19.1. The molecule has 2 aromatic carbocycles. The van der Waals surface area contributed by atoms with E-state index in [9.17, 15) is 28.8 Å². The van der Waals surface area contributed by atoms with Crippen LogP contribution >= 0.6 is 0 Å². The van der Waals surface area contributed by atoms with Crippen molar-refractivity contribution in [3.8, 4) is 0 Å². The average Bonchev–Trinajstić information content (AvgIpc) is 3.80. The van der Waals surface area contributed by atoms with Crippen LogP contribution in [0.2, 0.25) is 0 Å². The van der Waals surface area contributed by atoms with Crippen molar-refractivity contribution >= 4 is 58.6 Å². The Labute approximate surface area is 284 Å². The van der Waals surface area contributed by atoms with E-state index in [1.807, 2.05) is 13.8 Å². The number of nitrogens with zero attached hydrogens (tertiary/aromatic N) is 4. The van der Waals surface area contributed by atoms with Gasteiger partial charge in [-0.1, -0.05) is 13.8 Å². The summed E-state index contributed by atoms with van der Waals surface area (Å²) in [7, 11) is 2.43. The van der Waals surface area contributed by atoms with Gasteiger partial charge in [0.2, 0.25) is 23.6 Å². The number of anilines is 2. The van der Waals surface area contributed by atoms with Gasteiger partial charge in [0.1, 0.15) is 24.7 Å². The molecule has 0 radical (unpaired) electrons. The van der Waals surface area contributed by atoms with Crippen LogP contribution in [0.3, 0.4) is 0 Å². The maximum Gasteiger partial charge on any atom is 0.407 e. The van der Waals surface area contributed by atoms with Crippen molar-refractivity contribution in [1.29, 1.82) is 0 Å². The van der Waals surface area contributed by atoms with E-state index in [1.165, 1.54) is 24.0 Å². The van der Waals surface area contributed by atoms with Crippen molar-refractivity contribution in [2.45, 2.75) is 57.7 Å². The molecule has 49 heavy (non-hydrogen) atoms. The number of likely N-dealkylation sites (tertiary alicyclic amines) is 2. The van der Waals surface area contributed by atoms with Crippen LogP contribution < -0.4 is 21.3 Å². The molecular weight excluding hydrogens is 636 g/mol. The number of alkyl carbamates (subject to hydrolysis) is 2. The zero-order valence-electron chi connectivity index (χ0n) is 27.9. The third-order valence-corrected chi connectivity index (χ3v) is 8.23. The van der Waals surface area contributed by atoms with Gasteiger partial charge in [0.25, 0.3) is 0 Å². The Hall–Kier alpha value is -5.54. The zero-order valence-corrected chi connectivity index (χ0v) is 27.9. The summed E-state index contributed by atoms with van der Waals surface area (Å²) in [6.07, 6.45) is 0.925. The quantitative estimate of drug-likeness (QED) is 0.258. The van der Waals surface area contributed by atoms with Crippen LogP contribution in [-0.2, 0) is 28.7 Å². The molecular formula is C33H42N8O8. The second-order valence-corrected chi connectivity index (χ2v) is 11.9. The Balaban J connectivity index is 1.29. The van der Waals surface area contributed by atoms with Crippen molar-refractivity contribution in [2.24, 2.45) is 16.1 Å². The van der Waals surface area contributed by atoms with Gasteiger partial charge in [0.15, 0.2) is 0 Å². The number of rotatable bonds is 11. The van der Waals surface area contributed by atoms with Crippen LogP contribution in [0.1, 0.15) is 39.5 Å². The molecule has 16 heteroatoms. The first kappa shape index (κ1) is 36.3. The fourth-order valence-corrected chi connectivity index (χ4v) is 5.63. The summed E-state index contributed by atoms with van der Waals surface area (Å²) in [6.45, 7) is 4.19. The van der Waals surface area contributed by atoms with Crippen LogP contribution in [0, 0.1) is 5.92 Å². The largest absolute Gasteiger partial charge is 0.453 e. The molecule has 4 N–H and O–H groups in total. The van der Waals surface area contributed by atoms with E-state index in [0.717, 1.165) is 0 Å². The van der Waals surface area contributed by atoms with Gasteiger partial charge < -0.3 is 40.5 Å². The molecule has 0 aliphatic carbocycles. The lowest BCUT2D eigenvalue weighted by atomic mass is 10.0. The van der Waals surface area contributed by atoms with Gasteiger partial charge in [-0.15, -0.1) is 0 Å². The minimum atomic E-state index is -0.815. The number of carbonyl (C=O) groups is 6. The van der Waals surface area contributed by atoms with Gasteiger partial charge in [0.05, 0.1) is 25.6 Å². The summed E-state index contributed by atoms with van der Waals surface area (Å²) < 4.78 is 9.14. The predicted octanol–water partition coefficient (Wildman–Crippen LogP) is 3.70. The number of nitrogens with one attached hydrogen (secondary N) is 4. The molecule has 0 unspecified atom stereocenters. The van der Waals surface area contributed by atoms with E-state index in [1.54, 1.807) is 48.5 Å². The maximum absolute atomic E-state index is 13.2. The van der Waals surface area contributed by atoms with Gasteiger partial charge in [0, 0.05) is 24.5 Å². The zero-order chi connectivity index (χ0) is 35.5. The maximum atomic E-state index is 13.2. The third kappa shape index (κ3) is 9.74. The first-order chi connectivity index (χ1) is 23.5. The minimum absolute atomic E-state index is 0.201. The fourth-order valence-electron chi connectivity index (χ4n) is 5.63. The lowest BCUT2D eigenvalue weighted by molar-refractivity contribution is -0.139. The third-order valence-electron chi connectivity index (χ3n) is 8.23. The van der Waals surface area contributed by atoms with E-state index in [-0.39, 0.29) is 36.1 Å². The second kappa shape index (κ2) is 17.0. The number of amides is 6. The van der Waals surface area contributed by atoms with Crippen LogP contribution in [0.4, 0.5) is 32.3 Å². The smallest absolute Gasteiger partial charge is 0.407 e. The highest BCUT2D eigenvalue weighted by Gasteiger charge is 2.39. The topological polar surface area (TPSA) is 200 Å². The van der Waals surface area contributed by atoms with E-state index in [0.29, 0.717) is 61.5 Å². The van der Waals surface area contributed by atoms with Crippen molar-refractivity contribution in [2.75, 3.05) is 44.5 Å². The van der Waals surface area contributed by atoms with Crippen LogP contribution in [0.15, 0.2) is 58.8 Å². The minimum Gasteiger partial charge on any atom is -0.453 e. The first-order valence-corrected chi connectivity index (χ1v) is 16.0. The lowest BCUT2D eigenvalue weighted by Gasteiger charge is -2.30. The average molecular weight is 679 g/mol. The van der Waals surface area contributed by atoms with E-state index in [4.69, 9.17) is 0 Å². The molecule has 0 saturated carbocycles. The number of carbonyl (C=O) groups excluding carboxylic acids is 6. The van der Waals surface area contributed by atoms with Crippen molar-refractivity contribution < 1.29 is 38.2 Å². The molecule has 2 aliphatic heterocycles. The first-order valence-electron chi connectivity index (χ1n) is 16.0. The molecule has 0 bridgehead atoms. The van der Waals surface area contributed by atoms with E-state index < -0.39 is 30.3 Å². The molecule has 2 aromatic rings. The normalized spacial score (nSPS) is 17.8. The Morgan fingerprint density at radius 3 is 1.67 bits per heavy atom. The summed E-state index contributed by atoms with van der Waals surface area (Å²) in [6, 6.07) is 11.3. The van der Waals surface area contributed by atoms with Crippen molar-refractivity contribution in [1.82, 2.24) is 20.4 Å². The summed E-state index contributed by atoms with van der Waals surface area (Å²) in [5.41, 5.74) is 2.13. The molecule has 16 nitrogen and oxygen atoms in total. The van der Waals surface area contributed by atoms with Gasteiger partial charge >= 0.3 is 12.2 Å². The summed E-state index contributed by atoms with van der Waals surface area (Å²) >= 11 is 0. The SMILES string of the molecule is COC(=O)NCC(=O)N1CCC[C@H]1C(=O)Nc1ccc(/N=N/c2ccc(NC(=O)[C@@H]3CCCN3C(=O)[C@@H](NC(=O)OC)C(C)C)cc2)cc1. The highest BCUT2D eigenvalue weighted by atomic mass is 16.5. The van der Waals surface area contributed by atoms with Gasteiger partial charge in [-0.3, -0.25) is 19.2 Å². The number of benzene rings is 2. The van der Waals surface area contributed by atoms with Gasteiger partial charge in [-0.2, -0.15) is 10.2 Å². The summed E-state index contributed by atoms with van der Waals surface area (Å²) in [4.78, 5) is 77.8. The molecule has 4 rings (SSSR count). The van der Waals surface area contributed by atoms with Crippen molar-refractivity contribution in [3.05, 3.63) is 48.5 Å². The molecule has 6 amide bonds. The Bertz CT molecular complexity index is 1550. The monoisotopic (exact) mass is 678 g/mol. The van der Waals surface area contributed by atoms with Crippen LogP contribution in [0.5, 0.6) is 0 Å². The lowest BCUT2D eigenvalue weighted by Crippen LogP contribution is -2.54. The summed E-state index contributed by atoms with van der Waals surface area (Å²) in [5.74, 6) is -1.55. The Morgan fingerprint density at radius 1 is 0.735 bits per heavy atom. The molecule has 3 atom stereocenters. The highest BCUT2D eigenvalue weighted by Crippen LogP contribution is 2.25. The van der Waals surface area contributed by atoms with Gasteiger partial charge in [-0.25, -0.2) is 9.59 Å². The Morgan fingerprint density at radius 2 is 1.20 bits per heavy atom.